The van der Waals surface area contributed by atoms with Crippen LogP contribution in [0.5, 0.6) is 0 Å². The summed E-state index contributed by atoms with van der Waals surface area (Å²) < 4.78 is 0. The first-order valence-electron chi connectivity index (χ1n) is 19.9. The van der Waals surface area contributed by atoms with E-state index in [1.54, 1.807) is 0 Å². The van der Waals surface area contributed by atoms with Gasteiger partial charge in [0.2, 0.25) is 0 Å². The monoisotopic (exact) mass is 697 g/mol. The predicted octanol–water partition coefficient (Wildman–Crippen LogP) is 12.2. The number of nitrogens with zero attached hydrogens (tertiary/aromatic N) is 1. The van der Waals surface area contributed by atoms with Crippen LogP contribution in [0.15, 0.2) is 158 Å². The molecule has 7 aromatic rings. The van der Waals surface area contributed by atoms with Crippen LogP contribution < -0.4 is 15.7 Å². The second-order valence-corrected chi connectivity index (χ2v) is 16.0. The first-order valence-corrected chi connectivity index (χ1v) is 19.9. The molecule has 0 unspecified atom stereocenters. The van der Waals surface area contributed by atoms with E-state index in [4.69, 9.17) is 0 Å². The molecule has 0 radical (unpaired) electrons. The van der Waals surface area contributed by atoms with Crippen molar-refractivity contribution < 1.29 is 0 Å². The van der Waals surface area contributed by atoms with Crippen molar-refractivity contribution in [3.8, 4) is 33.4 Å². The number of aryl methyl sites for hydroxylation is 2. The summed E-state index contributed by atoms with van der Waals surface area (Å²) in [5.41, 5.74) is 21.5. The zero-order valence-electron chi connectivity index (χ0n) is 32.1. The van der Waals surface area contributed by atoms with Gasteiger partial charge in [-0.05, 0) is 123 Å². The van der Waals surface area contributed by atoms with Crippen molar-refractivity contribution in [2.45, 2.75) is 65.2 Å². The highest BCUT2D eigenvalue weighted by Gasteiger charge is 2.44. The van der Waals surface area contributed by atoms with Crippen LogP contribution in [0.4, 0.5) is 11.4 Å². The molecule has 0 aliphatic carbocycles. The van der Waals surface area contributed by atoms with E-state index in [0.717, 1.165) is 12.8 Å². The molecule has 9 rings (SSSR count). The van der Waals surface area contributed by atoms with E-state index in [9.17, 15) is 0 Å². The van der Waals surface area contributed by atoms with Gasteiger partial charge in [0.25, 0.3) is 0 Å². The van der Waals surface area contributed by atoms with E-state index in [1.807, 2.05) is 0 Å². The summed E-state index contributed by atoms with van der Waals surface area (Å²) in [4.78, 5) is 2.68. The normalized spacial score (nSPS) is 13.0. The lowest BCUT2D eigenvalue weighted by Crippen LogP contribution is -2.62. The van der Waals surface area contributed by atoms with Crippen molar-refractivity contribution in [1.29, 1.82) is 0 Å². The summed E-state index contributed by atoms with van der Waals surface area (Å²) in [5.74, 6) is 0. The topological polar surface area (TPSA) is 3.24 Å². The molecule has 2 heteroatoms. The van der Waals surface area contributed by atoms with Gasteiger partial charge in [-0.25, -0.2) is 0 Å². The van der Waals surface area contributed by atoms with Crippen LogP contribution in [0.3, 0.4) is 0 Å². The molecule has 0 amide bonds. The SMILES string of the molecule is CCCCCc1cc2c3c(c1)-c1ccccc1N(c1cc(-c4ccccc4)cc(-c4ccccc4)c1)B3c1cccc(C(C)(C)c3ccccc3C)c1C2. The summed E-state index contributed by atoms with van der Waals surface area (Å²) >= 11 is 0. The van der Waals surface area contributed by atoms with E-state index < -0.39 is 0 Å². The lowest BCUT2D eigenvalue weighted by molar-refractivity contribution is 0.629. The molecule has 54 heavy (non-hydrogen) atoms. The van der Waals surface area contributed by atoms with E-state index in [0.29, 0.717) is 0 Å². The fourth-order valence-electron chi connectivity index (χ4n) is 9.56. The Morgan fingerprint density at radius 2 is 1.24 bits per heavy atom. The number of hydrogen-bond acceptors (Lipinski definition) is 1. The second kappa shape index (κ2) is 14.0. The molecule has 1 nitrogen and oxygen atoms in total. The molecular formula is C52H48BN. The Morgan fingerprint density at radius 1 is 0.593 bits per heavy atom. The van der Waals surface area contributed by atoms with Gasteiger partial charge in [-0.2, -0.15) is 0 Å². The summed E-state index contributed by atoms with van der Waals surface area (Å²) in [6, 6.07) is 59.4. The third-order valence-corrected chi connectivity index (χ3v) is 12.2. The van der Waals surface area contributed by atoms with E-state index in [1.165, 1.54) is 108 Å². The van der Waals surface area contributed by atoms with Gasteiger partial charge < -0.3 is 4.81 Å². The van der Waals surface area contributed by atoms with Crippen LogP contribution in [0, 0.1) is 6.92 Å². The molecule has 0 aromatic heterocycles. The molecule has 2 aliphatic heterocycles. The van der Waals surface area contributed by atoms with Gasteiger partial charge in [-0.1, -0.05) is 167 Å². The molecular weight excluding hydrogens is 649 g/mol. The van der Waals surface area contributed by atoms with Crippen LogP contribution in [-0.2, 0) is 18.3 Å². The average Bonchev–Trinajstić information content (AvgIpc) is 3.21. The van der Waals surface area contributed by atoms with Gasteiger partial charge in [0.15, 0.2) is 0 Å². The molecule has 0 spiro atoms. The van der Waals surface area contributed by atoms with Crippen molar-refractivity contribution in [3.05, 3.63) is 191 Å². The number of benzene rings is 7. The zero-order valence-corrected chi connectivity index (χ0v) is 32.1. The lowest BCUT2D eigenvalue weighted by atomic mass is 9.40. The maximum atomic E-state index is 2.68. The molecule has 0 atom stereocenters. The molecule has 0 N–H and O–H groups in total. The van der Waals surface area contributed by atoms with Crippen molar-refractivity contribution in [2.75, 3.05) is 4.81 Å². The predicted molar refractivity (Wildman–Crippen MR) is 232 cm³/mol. The molecule has 0 saturated heterocycles. The summed E-state index contributed by atoms with van der Waals surface area (Å²) in [6.45, 7) is 9.45. The van der Waals surface area contributed by atoms with Crippen LogP contribution in [-0.4, -0.2) is 6.85 Å². The van der Waals surface area contributed by atoms with E-state index in [2.05, 4.69) is 190 Å². The summed E-state index contributed by atoms with van der Waals surface area (Å²) in [7, 11) is 0. The Hall–Kier alpha value is -5.60. The maximum absolute atomic E-state index is 2.68. The van der Waals surface area contributed by atoms with Crippen molar-refractivity contribution in [2.24, 2.45) is 0 Å². The highest BCUT2D eigenvalue weighted by Crippen LogP contribution is 2.45. The molecule has 264 valence electrons. The van der Waals surface area contributed by atoms with Crippen molar-refractivity contribution >= 4 is 29.1 Å². The number of anilines is 2. The van der Waals surface area contributed by atoms with Crippen LogP contribution in [0.2, 0.25) is 0 Å². The molecule has 2 heterocycles. The van der Waals surface area contributed by atoms with Gasteiger partial charge in [0, 0.05) is 22.4 Å². The molecule has 0 fully saturated rings. The van der Waals surface area contributed by atoms with Crippen molar-refractivity contribution in [1.82, 2.24) is 0 Å². The number of hydrogen-bond donors (Lipinski definition) is 0. The van der Waals surface area contributed by atoms with Crippen LogP contribution >= 0.6 is 0 Å². The Kier molecular flexibility index (Phi) is 8.86. The molecule has 7 aromatic carbocycles. The molecule has 0 bridgehead atoms. The highest BCUT2D eigenvalue weighted by molar-refractivity contribution is 6.92. The fourth-order valence-corrected chi connectivity index (χ4v) is 9.56. The Bertz CT molecular complexity index is 2420. The number of unbranched alkanes of at least 4 members (excludes halogenated alkanes) is 2. The first-order chi connectivity index (χ1) is 26.4. The van der Waals surface area contributed by atoms with Gasteiger partial charge >= 0.3 is 6.85 Å². The molecule has 0 saturated carbocycles. The largest absolute Gasteiger partial charge is 0.376 e. The van der Waals surface area contributed by atoms with E-state index in [-0.39, 0.29) is 12.3 Å². The first kappa shape index (κ1) is 34.2. The quantitative estimate of drug-likeness (QED) is 0.107. The number of para-hydroxylation sites is 1. The summed E-state index contributed by atoms with van der Waals surface area (Å²) in [6.07, 6.45) is 5.78. The van der Waals surface area contributed by atoms with Crippen LogP contribution in [0.25, 0.3) is 33.4 Å². The minimum Gasteiger partial charge on any atom is -0.376 e. The molecule has 2 aliphatic rings. The van der Waals surface area contributed by atoms with Gasteiger partial charge in [0.05, 0.1) is 0 Å². The Morgan fingerprint density at radius 3 is 1.94 bits per heavy atom. The third-order valence-electron chi connectivity index (χ3n) is 12.2. The minimum absolute atomic E-state index is 0.0283. The fraction of sp³-hybridized carbons (Fsp3) is 0.192. The second-order valence-electron chi connectivity index (χ2n) is 16.0. The van der Waals surface area contributed by atoms with Crippen LogP contribution in [0.1, 0.15) is 73.4 Å². The number of fused-ring (bicyclic) bond motifs is 4. The van der Waals surface area contributed by atoms with Gasteiger partial charge in [-0.15, -0.1) is 0 Å². The average molecular weight is 698 g/mol. The van der Waals surface area contributed by atoms with Gasteiger partial charge in [-0.3, -0.25) is 0 Å². The third kappa shape index (κ3) is 5.89. The Labute approximate surface area is 322 Å². The summed E-state index contributed by atoms with van der Waals surface area (Å²) in [5, 5.41) is 0. The van der Waals surface area contributed by atoms with E-state index >= 15 is 0 Å². The zero-order chi connectivity index (χ0) is 36.8. The van der Waals surface area contributed by atoms with Gasteiger partial charge in [0.1, 0.15) is 0 Å². The van der Waals surface area contributed by atoms with Crippen molar-refractivity contribution in [3.63, 3.8) is 0 Å². The number of rotatable bonds is 9. The lowest BCUT2D eigenvalue weighted by Gasteiger charge is -2.44. The smallest absolute Gasteiger partial charge is 0.329 e. The minimum atomic E-state index is -0.166. The standard InChI is InChI=1S/C52H48BN/c1-5-6-9-20-37-30-42-35-46-48(52(3,4)47-26-16-14-19-36(47)2)27-18-28-49(46)53-51(42)45(31-37)44-25-15-17-29-50(44)54(53)43-33-40(38-21-10-7-11-22-38)32-41(34-43)39-23-12-8-13-24-39/h7-8,10-19,21-34H,5-6,9,20,35H2,1-4H3. The Balaban J connectivity index is 1.32. The maximum Gasteiger partial charge on any atom is 0.329 e. The highest BCUT2D eigenvalue weighted by atomic mass is 15.1.